The molecule has 0 bridgehead atoms. The average molecular weight is 332 g/mol. The Morgan fingerprint density at radius 3 is 2.93 bits per heavy atom. The predicted molar refractivity (Wildman–Crippen MR) is 68.7 cm³/mol. The lowest BCUT2D eigenvalue weighted by Crippen LogP contribution is -1.91. The number of benzene rings is 1. The highest BCUT2D eigenvalue weighted by Gasteiger charge is 2.25. The molecule has 0 atom stereocenters. The van der Waals surface area contributed by atoms with Gasteiger partial charge in [0.1, 0.15) is 0 Å². The molecule has 1 aliphatic rings. The van der Waals surface area contributed by atoms with Gasteiger partial charge in [0, 0.05) is 11.8 Å². The molecule has 1 aliphatic carbocycles. The SMILES string of the molecule is O=C1CCc2c1[nH]c1c(I)c(Cl)ccc21. The lowest BCUT2D eigenvalue weighted by molar-refractivity contribution is 0.0991. The minimum Gasteiger partial charge on any atom is -0.351 e. The van der Waals surface area contributed by atoms with Crippen LogP contribution in [0.5, 0.6) is 0 Å². The zero-order valence-corrected chi connectivity index (χ0v) is 10.6. The van der Waals surface area contributed by atoms with Crippen LogP contribution in [0.4, 0.5) is 0 Å². The molecular weight excluding hydrogens is 324 g/mol. The normalized spacial score (nSPS) is 14.9. The highest BCUT2D eigenvalue weighted by atomic mass is 127. The number of aromatic nitrogens is 1. The highest BCUT2D eigenvalue weighted by molar-refractivity contribution is 14.1. The van der Waals surface area contributed by atoms with Crippen LogP contribution in [0, 0.1) is 3.57 Å². The largest absolute Gasteiger partial charge is 0.351 e. The second-order valence-electron chi connectivity index (χ2n) is 3.69. The molecule has 1 aromatic carbocycles. The van der Waals surface area contributed by atoms with E-state index < -0.39 is 0 Å². The molecule has 1 N–H and O–H groups in total. The number of hydrogen-bond acceptors (Lipinski definition) is 1. The number of Topliss-reactive ketones (excluding diaryl/α,β-unsaturated/α-hetero) is 1. The Morgan fingerprint density at radius 2 is 2.13 bits per heavy atom. The van der Waals surface area contributed by atoms with E-state index in [1.54, 1.807) is 0 Å². The fourth-order valence-electron chi connectivity index (χ4n) is 2.12. The molecule has 0 amide bonds. The van der Waals surface area contributed by atoms with Crippen molar-refractivity contribution in [1.29, 1.82) is 0 Å². The van der Waals surface area contributed by atoms with E-state index in [1.165, 1.54) is 0 Å². The zero-order chi connectivity index (χ0) is 10.6. The van der Waals surface area contributed by atoms with Crippen molar-refractivity contribution in [2.24, 2.45) is 0 Å². The lowest BCUT2D eigenvalue weighted by atomic mass is 10.1. The quantitative estimate of drug-likeness (QED) is 0.736. The van der Waals surface area contributed by atoms with E-state index in [9.17, 15) is 4.79 Å². The highest BCUT2D eigenvalue weighted by Crippen LogP contribution is 2.34. The first-order valence-corrected chi connectivity index (χ1v) is 6.16. The molecule has 1 heterocycles. The van der Waals surface area contributed by atoms with E-state index >= 15 is 0 Å². The van der Waals surface area contributed by atoms with Crippen molar-refractivity contribution in [3.63, 3.8) is 0 Å². The standard InChI is InChI=1S/C11H7ClINO/c12-7-3-1-6-5-2-4-8(15)10(5)14-11(6)9(7)13/h1,3,14H,2,4H2. The molecule has 0 radical (unpaired) electrons. The number of aromatic amines is 1. The molecule has 0 aliphatic heterocycles. The molecule has 0 spiro atoms. The number of fused-ring (bicyclic) bond motifs is 3. The van der Waals surface area contributed by atoms with Crippen LogP contribution in [-0.4, -0.2) is 10.8 Å². The summed E-state index contributed by atoms with van der Waals surface area (Å²) < 4.78 is 0.994. The number of nitrogens with one attached hydrogen (secondary N) is 1. The average Bonchev–Trinajstić information content (AvgIpc) is 2.74. The molecule has 3 rings (SSSR count). The van der Waals surface area contributed by atoms with Gasteiger partial charge in [0.05, 0.1) is 19.8 Å². The minimum absolute atomic E-state index is 0.216. The molecular formula is C11H7ClINO. The van der Waals surface area contributed by atoms with E-state index in [4.69, 9.17) is 11.6 Å². The maximum absolute atomic E-state index is 11.6. The molecule has 76 valence electrons. The van der Waals surface area contributed by atoms with Gasteiger partial charge in [0.15, 0.2) is 5.78 Å². The van der Waals surface area contributed by atoms with Crippen molar-refractivity contribution >= 4 is 50.9 Å². The summed E-state index contributed by atoms with van der Waals surface area (Å²) in [5.74, 6) is 0.216. The summed E-state index contributed by atoms with van der Waals surface area (Å²) in [7, 11) is 0. The first-order chi connectivity index (χ1) is 7.18. The van der Waals surface area contributed by atoms with E-state index in [0.717, 1.165) is 37.2 Å². The smallest absolute Gasteiger partial charge is 0.179 e. The van der Waals surface area contributed by atoms with Crippen LogP contribution < -0.4 is 0 Å². The van der Waals surface area contributed by atoms with E-state index in [0.29, 0.717) is 6.42 Å². The van der Waals surface area contributed by atoms with Crippen LogP contribution in [0.3, 0.4) is 0 Å². The maximum Gasteiger partial charge on any atom is 0.179 e. The first kappa shape index (κ1) is 9.66. The number of H-pyrrole nitrogens is 1. The van der Waals surface area contributed by atoms with Gasteiger partial charge in [0.25, 0.3) is 0 Å². The Hall–Kier alpha value is -0.550. The van der Waals surface area contributed by atoms with Crippen LogP contribution in [0.15, 0.2) is 12.1 Å². The van der Waals surface area contributed by atoms with Crippen molar-refractivity contribution in [1.82, 2.24) is 4.98 Å². The molecule has 2 nitrogen and oxygen atoms in total. The van der Waals surface area contributed by atoms with Gasteiger partial charge in [-0.3, -0.25) is 4.79 Å². The van der Waals surface area contributed by atoms with Gasteiger partial charge < -0.3 is 4.98 Å². The number of ketones is 1. The van der Waals surface area contributed by atoms with Crippen molar-refractivity contribution in [2.75, 3.05) is 0 Å². The van der Waals surface area contributed by atoms with Crippen LogP contribution in [-0.2, 0) is 6.42 Å². The second-order valence-corrected chi connectivity index (χ2v) is 5.17. The summed E-state index contributed by atoms with van der Waals surface area (Å²) in [6, 6.07) is 3.89. The monoisotopic (exact) mass is 331 g/mol. The fourth-order valence-corrected chi connectivity index (χ4v) is 2.88. The molecule has 15 heavy (non-hydrogen) atoms. The number of rotatable bonds is 0. The Bertz CT molecular complexity index is 588. The number of halogens is 2. The fraction of sp³-hybridized carbons (Fsp3) is 0.182. The van der Waals surface area contributed by atoms with E-state index in [2.05, 4.69) is 27.6 Å². The maximum atomic E-state index is 11.6. The third-order valence-electron chi connectivity index (χ3n) is 2.85. The summed E-state index contributed by atoms with van der Waals surface area (Å²) in [4.78, 5) is 14.8. The summed E-state index contributed by atoms with van der Waals surface area (Å²) in [5, 5.41) is 1.88. The van der Waals surface area contributed by atoms with Crippen LogP contribution in [0.25, 0.3) is 10.9 Å². The Labute approximate surface area is 105 Å². The number of hydrogen-bond donors (Lipinski definition) is 1. The van der Waals surface area contributed by atoms with Gasteiger partial charge in [-0.25, -0.2) is 0 Å². The molecule has 4 heteroatoms. The molecule has 2 aromatic rings. The Morgan fingerprint density at radius 1 is 1.33 bits per heavy atom. The van der Waals surface area contributed by atoms with Crippen molar-refractivity contribution in [3.05, 3.63) is 32.0 Å². The van der Waals surface area contributed by atoms with E-state index in [1.807, 2.05) is 12.1 Å². The zero-order valence-electron chi connectivity index (χ0n) is 7.73. The van der Waals surface area contributed by atoms with Gasteiger partial charge in [0.2, 0.25) is 0 Å². The minimum atomic E-state index is 0.216. The first-order valence-electron chi connectivity index (χ1n) is 4.70. The Balaban J connectivity index is 2.44. The lowest BCUT2D eigenvalue weighted by Gasteiger charge is -1.98. The van der Waals surface area contributed by atoms with Gasteiger partial charge in [-0.15, -0.1) is 0 Å². The summed E-state index contributed by atoms with van der Waals surface area (Å²) in [6.07, 6.45) is 1.49. The van der Waals surface area contributed by atoms with Crippen LogP contribution in [0.1, 0.15) is 22.5 Å². The topological polar surface area (TPSA) is 32.9 Å². The number of carbonyl (C=O) groups is 1. The van der Waals surface area contributed by atoms with Crippen molar-refractivity contribution in [3.8, 4) is 0 Å². The molecule has 0 saturated carbocycles. The van der Waals surface area contributed by atoms with Gasteiger partial charge in [-0.05, 0) is 40.6 Å². The second kappa shape index (κ2) is 3.22. The van der Waals surface area contributed by atoms with Crippen LogP contribution in [0.2, 0.25) is 5.02 Å². The van der Waals surface area contributed by atoms with Crippen molar-refractivity contribution in [2.45, 2.75) is 12.8 Å². The van der Waals surface area contributed by atoms with Crippen LogP contribution >= 0.6 is 34.2 Å². The van der Waals surface area contributed by atoms with E-state index in [-0.39, 0.29) is 5.78 Å². The molecule has 0 saturated heterocycles. The molecule has 0 fully saturated rings. The summed E-state index contributed by atoms with van der Waals surface area (Å²) in [6.45, 7) is 0. The van der Waals surface area contributed by atoms with Gasteiger partial charge in [-0.1, -0.05) is 17.7 Å². The van der Waals surface area contributed by atoms with Gasteiger partial charge >= 0.3 is 0 Å². The van der Waals surface area contributed by atoms with Gasteiger partial charge in [-0.2, -0.15) is 0 Å². The molecule has 0 unspecified atom stereocenters. The molecule has 1 aromatic heterocycles. The number of carbonyl (C=O) groups excluding carboxylic acids is 1. The Kier molecular flexibility index (Phi) is 2.07. The van der Waals surface area contributed by atoms with Crippen molar-refractivity contribution < 1.29 is 4.79 Å². The summed E-state index contributed by atoms with van der Waals surface area (Å²) in [5.41, 5.74) is 2.94. The summed E-state index contributed by atoms with van der Waals surface area (Å²) >= 11 is 8.24. The number of aryl methyl sites for hydroxylation is 1. The third kappa shape index (κ3) is 1.26. The predicted octanol–water partition coefficient (Wildman–Crippen LogP) is 3.55. The third-order valence-corrected chi connectivity index (χ3v) is 4.61.